The van der Waals surface area contributed by atoms with Crippen LogP contribution in [0.5, 0.6) is 5.75 Å². The maximum Gasteiger partial charge on any atom is 0.292 e. The monoisotopic (exact) mass is 406 g/mol. The standard InChI is InChI=1S/C18H16Cl2N4O3/c1-24(2)12-5-3-10(4-6-12)9-21-17(26)16-22-18(27-23-16)11-7-13(19)15(25)14(20)8-11/h3-8,25H,9H2,1-2H3,(H,21,26). The molecule has 0 saturated heterocycles. The molecule has 0 bridgehead atoms. The van der Waals surface area contributed by atoms with Crippen molar-refractivity contribution in [3.63, 3.8) is 0 Å². The number of anilines is 1. The van der Waals surface area contributed by atoms with Crippen molar-refractivity contribution in [1.82, 2.24) is 15.5 Å². The first-order valence-electron chi connectivity index (χ1n) is 7.91. The molecule has 27 heavy (non-hydrogen) atoms. The molecule has 1 amide bonds. The Balaban J connectivity index is 1.68. The molecule has 3 rings (SSSR count). The van der Waals surface area contributed by atoms with Crippen molar-refractivity contribution in [3.8, 4) is 17.2 Å². The molecule has 9 heteroatoms. The minimum Gasteiger partial charge on any atom is -0.505 e. The van der Waals surface area contributed by atoms with Crippen molar-refractivity contribution in [1.29, 1.82) is 0 Å². The second kappa shape index (κ2) is 7.85. The van der Waals surface area contributed by atoms with E-state index < -0.39 is 5.91 Å². The minimum absolute atomic E-state index is 0.0443. The zero-order chi connectivity index (χ0) is 19.6. The molecule has 2 aromatic carbocycles. The van der Waals surface area contributed by atoms with E-state index in [0.717, 1.165) is 11.3 Å². The zero-order valence-corrected chi connectivity index (χ0v) is 16.0. The predicted octanol–water partition coefficient (Wildman–Crippen LogP) is 3.75. The molecule has 3 aromatic rings. The third-order valence-electron chi connectivity index (χ3n) is 3.80. The number of carbonyl (C=O) groups excluding carboxylic acids is 1. The first kappa shape index (κ1) is 19.0. The van der Waals surface area contributed by atoms with E-state index >= 15 is 0 Å². The number of aromatic nitrogens is 2. The maximum atomic E-state index is 12.2. The third-order valence-corrected chi connectivity index (χ3v) is 4.38. The van der Waals surface area contributed by atoms with Crippen molar-refractivity contribution in [2.75, 3.05) is 19.0 Å². The third kappa shape index (κ3) is 4.32. The molecular formula is C18H16Cl2N4O3. The molecular weight excluding hydrogens is 391 g/mol. The second-order valence-electron chi connectivity index (χ2n) is 5.96. The van der Waals surface area contributed by atoms with Crippen molar-refractivity contribution >= 4 is 34.8 Å². The maximum absolute atomic E-state index is 12.2. The number of amides is 1. The normalized spacial score (nSPS) is 10.7. The topological polar surface area (TPSA) is 91.5 Å². The van der Waals surface area contributed by atoms with Gasteiger partial charge in [0.15, 0.2) is 5.75 Å². The highest BCUT2D eigenvalue weighted by atomic mass is 35.5. The Kier molecular flexibility index (Phi) is 5.53. The van der Waals surface area contributed by atoms with Gasteiger partial charge in [0.2, 0.25) is 0 Å². The Morgan fingerprint density at radius 1 is 1.19 bits per heavy atom. The number of hydrogen-bond acceptors (Lipinski definition) is 6. The van der Waals surface area contributed by atoms with Gasteiger partial charge in [-0.3, -0.25) is 4.79 Å². The molecule has 0 aliphatic heterocycles. The van der Waals surface area contributed by atoms with Crippen LogP contribution in [0.3, 0.4) is 0 Å². The van der Waals surface area contributed by atoms with Gasteiger partial charge in [-0.15, -0.1) is 0 Å². The average molecular weight is 407 g/mol. The number of phenols is 1. The van der Waals surface area contributed by atoms with Crippen LogP contribution in [-0.4, -0.2) is 35.2 Å². The summed E-state index contributed by atoms with van der Waals surface area (Å²) in [5.41, 5.74) is 2.41. The molecule has 0 fully saturated rings. The zero-order valence-electron chi connectivity index (χ0n) is 14.5. The van der Waals surface area contributed by atoms with E-state index in [4.69, 9.17) is 27.7 Å². The van der Waals surface area contributed by atoms with Crippen LogP contribution in [0.1, 0.15) is 16.2 Å². The van der Waals surface area contributed by atoms with Crippen molar-refractivity contribution in [2.24, 2.45) is 0 Å². The van der Waals surface area contributed by atoms with E-state index in [1.165, 1.54) is 12.1 Å². The predicted molar refractivity (Wildman–Crippen MR) is 103 cm³/mol. The lowest BCUT2D eigenvalue weighted by Crippen LogP contribution is -2.24. The van der Waals surface area contributed by atoms with Crippen molar-refractivity contribution in [2.45, 2.75) is 6.54 Å². The summed E-state index contributed by atoms with van der Waals surface area (Å²) in [4.78, 5) is 18.3. The summed E-state index contributed by atoms with van der Waals surface area (Å²) < 4.78 is 5.09. The quantitative estimate of drug-likeness (QED) is 0.670. The molecule has 1 aromatic heterocycles. The number of halogens is 2. The van der Waals surface area contributed by atoms with Crippen LogP contribution in [0.25, 0.3) is 11.5 Å². The van der Waals surface area contributed by atoms with Gasteiger partial charge in [0.05, 0.1) is 10.0 Å². The number of rotatable bonds is 5. The SMILES string of the molecule is CN(C)c1ccc(CNC(=O)c2noc(-c3cc(Cl)c(O)c(Cl)c3)n2)cc1. The largest absolute Gasteiger partial charge is 0.505 e. The summed E-state index contributed by atoms with van der Waals surface area (Å²) in [5, 5.41) is 16.1. The summed E-state index contributed by atoms with van der Waals surface area (Å²) in [7, 11) is 3.91. The van der Waals surface area contributed by atoms with Crippen LogP contribution < -0.4 is 10.2 Å². The molecule has 0 aliphatic rings. The Bertz CT molecular complexity index is 948. The average Bonchev–Trinajstić information content (AvgIpc) is 3.14. The van der Waals surface area contributed by atoms with Gasteiger partial charge >= 0.3 is 0 Å². The van der Waals surface area contributed by atoms with E-state index in [2.05, 4.69) is 15.5 Å². The number of phenolic OH excluding ortho intramolecular Hbond substituents is 1. The summed E-state index contributed by atoms with van der Waals surface area (Å²) in [6.45, 7) is 0.327. The Labute approximate surface area is 165 Å². The van der Waals surface area contributed by atoms with Crippen LogP contribution in [0, 0.1) is 0 Å². The number of nitrogens with one attached hydrogen (secondary N) is 1. The molecule has 140 valence electrons. The fourth-order valence-electron chi connectivity index (χ4n) is 2.30. The van der Waals surface area contributed by atoms with E-state index in [-0.39, 0.29) is 27.5 Å². The molecule has 1 heterocycles. The molecule has 7 nitrogen and oxygen atoms in total. The van der Waals surface area contributed by atoms with Gasteiger partial charge in [-0.1, -0.05) is 40.5 Å². The lowest BCUT2D eigenvalue weighted by molar-refractivity contribution is 0.0937. The highest BCUT2D eigenvalue weighted by Crippen LogP contribution is 2.35. The summed E-state index contributed by atoms with van der Waals surface area (Å²) in [6.07, 6.45) is 0. The fraction of sp³-hybridized carbons (Fsp3) is 0.167. The van der Waals surface area contributed by atoms with Gasteiger partial charge in [-0.25, -0.2) is 0 Å². The molecule has 0 unspecified atom stereocenters. The van der Waals surface area contributed by atoms with Crippen LogP contribution in [0.2, 0.25) is 10.0 Å². The number of carbonyl (C=O) groups is 1. The minimum atomic E-state index is -0.474. The van der Waals surface area contributed by atoms with Gasteiger partial charge in [-0.05, 0) is 29.8 Å². The summed E-state index contributed by atoms with van der Waals surface area (Å²) in [5.74, 6) is -0.757. The Hall–Kier alpha value is -2.77. The molecule has 0 atom stereocenters. The highest BCUT2D eigenvalue weighted by molar-refractivity contribution is 6.37. The highest BCUT2D eigenvalue weighted by Gasteiger charge is 2.17. The van der Waals surface area contributed by atoms with Gasteiger partial charge < -0.3 is 19.8 Å². The van der Waals surface area contributed by atoms with E-state index in [1.807, 2.05) is 43.3 Å². The lowest BCUT2D eigenvalue weighted by atomic mass is 10.2. The van der Waals surface area contributed by atoms with E-state index in [9.17, 15) is 9.90 Å². The second-order valence-corrected chi connectivity index (χ2v) is 6.77. The molecule has 0 radical (unpaired) electrons. The first-order chi connectivity index (χ1) is 12.8. The first-order valence-corrected chi connectivity index (χ1v) is 8.67. The molecule has 0 aliphatic carbocycles. The lowest BCUT2D eigenvalue weighted by Gasteiger charge is -2.12. The fourth-order valence-corrected chi connectivity index (χ4v) is 2.78. The van der Waals surface area contributed by atoms with Gasteiger partial charge in [0, 0.05) is 31.9 Å². The molecule has 0 saturated carbocycles. The number of benzene rings is 2. The van der Waals surface area contributed by atoms with Crippen LogP contribution in [0.4, 0.5) is 5.69 Å². The number of aromatic hydroxyl groups is 1. The number of hydrogen-bond donors (Lipinski definition) is 2. The molecule has 0 spiro atoms. The Morgan fingerprint density at radius 2 is 1.81 bits per heavy atom. The summed E-state index contributed by atoms with van der Waals surface area (Å²) in [6, 6.07) is 10.6. The van der Waals surface area contributed by atoms with Gasteiger partial charge in [0.1, 0.15) is 0 Å². The van der Waals surface area contributed by atoms with Gasteiger partial charge in [-0.2, -0.15) is 4.98 Å². The van der Waals surface area contributed by atoms with Crippen LogP contribution in [0.15, 0.2) is 40.9 Å². The van der Waals surface area contributed by atoms with E-state index in [0.29, 0.717) is 12.1 Å². The van der Waals surface area contributed by atoms with Crippen LogP contribution >= 0.6 is 23.2 Å². The van der Waals surface area contributed by atoms with Crippen molar-refractivity contribution in [3.05, 3.63) is 57.8 Å². The van der Waals surface area contributed by atoms with Gasteiger partial charge in [0.25, 0.3) is 17.6 Å². The number of nitrogens with zero attached hydrogens (tertiary/aromatic N) is 3. The Morgan fingerprint density at radius 3 is 2.41 bits per heavy atom. The summed E-state index contributed by atoms with van der Waals surface area (Å²) >= 11 is 11.8. The van der Waals surface area contributed by atoms with Crippen LogP contribution in [-0.2, 0) is 6.54 Å². The van der Waals surface area contributed by atoms with E-state index in [1.54, 1.807) is 0 Å². The van der Waals surface area contributed by atoms with Crippen molar-refractivity contribution < 1.29 is 14.4 Å². The smallest absolute Gasteiger partial charge is 0.292 e. The molecule has 2 N–H and O–H groups in total.